The van der Waals surface area contributed by atoms with E-state index in [2.05, 4.69) is 48.3 Å². The van der Waals surface area contributed by atoms with Crippen LogP contribution in [0.25, 0.3) is 0 Å². The van der Waals surface area contributed by atoms with Gasteiger partial charge in [0.05, 0.1) is 0 Å². The van der Waals surface area contributed by atoms with Crippen LogP contribution in [0.3, 0.4) is 0 Å². The summed E-state index contributed by atoms with van der Waals surface area (Å²) in [7, 11) is 1.81. The highest BCUT2D eigenvalue weighted by Gasteiger charge is 2.21. The number of benzene rings is 1. The number of ether oxygens (including phenoxy) is 1. The molecule has 0 aromatic heterocycles. The van der Waals surface area contributed by atoms with Crippen molar-refractivity contribution >= 4 is 5.69 Å². The SMILES string of the molecule is CCNC(C)c1ccccc1N1CCC(COC)CC1. The molecule has 0 aliphatic carbocycles. The van der Waals surface area contributed by atoms with E-state index in [4.69, 9.17) is 4.74 Å². The highest BCUT2D eigenvalue weighted by molar-refractivity contribution is 5.55. The van der Waals surface area contributed by atoms with Crippen molar-refractivity contribution in [3.05, 3.63) is 29.8 Å². The second-order valence-corrected chi connectivity index (χ2v) is 5.72. The first-order valence-electron chi connectivity index (χ1n) is 7.82. The molecule has 0 saturated carbocycles. The van der Waals surface area contributed by atoms with Gasteiger partial charge >= 0.3 is 0 Å². The molecule has 1 aliphatic heterocycles. The van der Waals surface area contributed by atoms with Crippen LogP contribution in [0.1, 0.15) is 38.3 Å². The molecule has 20 heavy (non-hydrogen) atoms. The maximum atomic E-state index is 5.29. The first-order valence-corrected chi connectivity index (χ1v) is 7.82. The average molecular weight is 276 g/mol. The maximum absolute atomic E-state index is 5.29. The normalized spacial score (nSPS) is 18.2. The van der Waals surface area contributed by atoms with Crippen molar-refractivity contribution in [3.8, 4) is 0 Å². The van der Waals surface area contributed by atoms with Crippen molar-refractivity contribution in [2.75, 3.05) is 38.3 Å². The Bertz CT molecular complexity index is 400. The molecule has 1 aromatic rings. The molecule has 1 aliphatic rings. The van der Waals surface area contributed by atoms with E-state index < -0.39 is 0 Å². The molecule has 0 spiro atoms. The zero-order valence-electron chi connectivity index (χ0n) is 13.1. The third-order valence-corrected chi connectivity index (χ3v) is 4.27. The van der Waals surface area contributed by atoms with Gasteiger partial charge < -0.3 is 15.0 Å². The zero-order valence-corrected chi connectivity index (χ0v) is 13.1. The van der Waals surface area contributed by atoms with Crippen LogP contribution in [0, 0.1) is 5.92 Å². The molecule has 0 amide bonds. The molecule has 1 heterocycles. The smallest absolute Gasteiger partial charge is 0.0491 e. The van der Waals surface area contributed by atoms with Crippen LogP contribution in [0.15, 0.2) is 24.3 Å². The van der Waals surface area contributed by atoms with Crippen molar-refractivity contribution in [1.29, 1.82) is 0 Å². The first kappa shape index (κ1) is 15.3. The van der Waals surface area contributed by atoms with Crippen molar-refractivity contribution < 1.29 is 4.74 Å². The second-order valence-electron chi connectivity index (χ2n) is 5.72. The standard InChI is InChI=1S/C17H28N2O/c1-4-18-14(2)16-7-5-6-8-17(16)19-11-9-15(10-12-19)13-20-3/h5-8,14-15,18H,4,9-13H2,1-3H3. The summed E-state index contributed by atoms with van der Waals surface area (Å²) in [5.74, 6) is 0.731. The molecule has 1 fully saturated rings. The largest absolute Gasteiger partial charge is 0.384 e. The minimum absolute atomic E-state index is 0.410. The van der Waals surface area contributed by atoms with E-state index in [1.165, 1.54) is 24.1 Å². The summed E-state index contributed by atoms with van der Waals surface area (Å²) in [5, 5.41) is 3.52. The lowest BCUT2D eigenvalue weighted by molar-refractivity contribution is 0.139. The van der Waals surface area contributed by atoms with E-state index in [0.717, 1.165) is 32.2 Å². The van der Waals surface area contributed by atoms with Gasteiger partial charge in [-0.3, -0.25) is 0 Å². The highest BCUT2D eigenvalue weighted by atomic mass is 16.5. The van der Waals surface area contributed by atoms with E-state index in [1.54, 1.807) is 7.11 Å². The minimum Gasteiger partial charge on any atom is -0.384 e. The molecule has 2 rings (SSSR count). The Balaban J connectivity index is 2.06. The predicted molar refractivity (Wildman–Crippen MR) is 85.3 cm³/mol. The summed E-state index contributed by atoms with van der Waals surface area (Å²) in [6.07, 6.45) is 2.47. The van der Waals surface area contributed by atoms with Gasteiger partial charge in [0.15, 0.2) is 0 Å². The van der Waals surface area contributed by atoms with Gasteiger partial charge in [0.25, 0.3) is 0 Å². The number of methoxy groups -OCH3 is 1. The highest BCUT2D eigenvalue weighted by Crippen LogP contribution is 2.29. The third kappa shape index (κ3) is 3.74. The van der Waals surface area contributed by atoms with Gasteiger partial charge in [0, 0.05) is 38.5 Å². The fraction of sp³-hybridized carbons (Fsp3) is 0.647. The van der Waals surface area contributed by atoms with Gasteiger partial charge in [-0.25, -0.2) is 0 Å². The van der Waals surface area contributed by atoms with E-state index in [9.17, 15) is 0 Å². The van der Waals surface area contributed by atoms with Crippen LogP contribution in [0.5, 0.6) is 0 Å². The molecule has 0 radical (unpaired) electrons. The number of hydrogen-bond donors (Lipinski definition) is 1. The van der Waals surface area contributed by atoms with E-state index >= 15 is 0 Å². The minimum atomic E-state index is 0.410. The number of hydrogen-bond acceptors (Lipinski definition) is 3. The lowest BCUT2D eigenvalue weighted by atomic mass is 9.96. The molecule has 1 aromatic carbocycles. The van der Waals surface area contributed by atoms with Crippen molar-refractivity contribution in [3.63, 3.8) is 0 Å². The number of nitrogens with zero attached hydrogens (tertiary/aromatic N) is 1. The van der Waals surface area contributed by atoms with Crippen LogP contribution in [-0.2, 0) is 4.74 Å². The topological polar surface area (TPSA) is 24.5 Å². The fourth-order valence-electron chi connectivity index (χ4n) is 3.13. The molecule has 3 heteroatoms. The number of piperidine rings is 1. The molecule has 112 valence electrons. The number of para-hydroxylation sites is 1. The molecule has 3 nitrogen and oxygen atoms in total. The van der Waals surface area contributed by atoms with E-state index in [1.807, 2.05) is 0 Å². The molecule has 1 unspecified atom stereocenters. The first-order chi connectivity index (χ1) is 9.76. The summed E-state index contributed by atoms with van der Waals surface area (Å²) < 4.78 is 5.29. The molecule has 1 N–H and O–H groups in total. The van der Waals surface area contributed by atoms with Gasteiger partial charge in [-0.1, -0.05) is 25.1 Å². The van der Waals surface area contributed by atoms with Crippen LogP contribution in [-0.4, -0.2) is 33.4 Å². The summed E-state index contributed by atoms with van der Waals surface area (Å²) in [5.41, 5.74) is 2.82. The number of rotatable bonds is 6. The van der Waals surface area contributed by atoms with Crippen LogP contribution >= 0.6 is 0 Å². The summed E-state index contributed by atoms with van der Waals surface area (Å²) in [6.45, 7) is 8.61. The Labute approximate surface area is 123 Å². The summed E-state index contributed by atoms with van der Waals surface area (Å²) in [6, 6.07) is 9.22. The molecule has 1 atom stereocenters. The fourth-order valence-corrected chi connectivity index (χ4v) is 3.13. The number of anilines is 1. The lowest BCUT2D eigenvalue weighted by Crippen LogP contribution is -2.36. The Morgan fingerprint density at radius 1 is 1.30 bits per heavy atom. The summed E-state index contributed by atoms with van der Waals surface area (Å²) in [4.78, 5) is 2.54. The second kappa shape index (κ2) is 7.65. The van der Waals surface area contributed by atoms with Gasteiger partial charge in [0.1, 0.15) is 0 Å². The predicted octanol–water partition coefficient (Wildman–Crippen LogP) is 3.22. The monoisotopic (exact) mass is 276 g/mol. The van der Waals surface area contributed by atoms with E-state index in [0.29, 0.717) is 6.04 Å². The van der Waals surface area contributed by atoms with Crippen molar-refractivity contribution in [1.82, 2.24) is 5.32 Å². The maximum Gasteiger partial charge on any atom is 0.0491 e. The Hall–Kier alpha value is -1.06. The number of nitrogens with one attached hydrogen (secondary N) is 1. The van der Waals surface area contributed by atoms with Gasteiger partial charge in [0.2, 0.25) is 0 Å². The van der Waals surface area contributed by atoms with Crippen LogP contribution in [0.4, 0.5) is 5.69 Å². The van der Waals surface area contributed by atoms with Gasteiger partial charge in [-0.2, -0.15) is 0 Å². The van der Waals surface area contributed by atoms with Crippen molar-refractivity contribution in [2.45, 2.75) is 32.7 Å². The molecule has 1 saturated heterocycles. The third-order valence-electron chi connectivity index (χ3n) is 4.27. The Kier molecular flexibility index (Phi) is 5.86. The van der Waals surface area contributed by atoms with Gasteiger partial charge in [-0.05, 0) is 43.9 Å². The molecule has 0 bridgehead atoms. The lowest BCUT2D eigenvalue weighted by Gasteiger charge is -2.35. The average Bonchev–Trinajstić information content (AvgIpc) is 2.49. The summed E-state index contributed by atoms with van der Waals surface area (Å²) >= 11 is 0. The van der Waals surface area contributed by atoms with E-state index in [-0.39, 0.29) is 0 Å². The van der Waals surface area contributed by atoms with Crippen LogP contribution < -0.4 is 10.2 Å². The quantitative estimate of drug-likeness (QED) is 0.863. The Morgan fingerprint density at radius 3 is 2.65 bits per heavy atom. The van der Waals surface area contributed by atoms with Crippen LogP contribution in [0.2, 0.25) is 0 Å². The molecular formula is C17H28N2O. The molecular weight excluding hydrogens is 248 g/mol. The van der Waals surface area contributed by atoms with Gasteiger partial charge in [-0.15, -0.1) is 0 Å². The van der Waals surface area contributed by atoms with Crippen molar-refractivity contribution in [2.24, 2.45) is 5.92 Å². The Morgan fingerprint density at radius 2 is 2.00 bits per heavy atom. The zero-order chi connectivity index (χ0) is 14.4.